The monoisotopic (exact) mass is 474 g/mol. The zero-order valence-electron chi connectivity index (χ0n) is 19.3. The lowest BCUT2D eigenvalue weighted by molar-refractivity contribution is -0.270. The number of amides is 2. The van der Waals surface area contributed by atoms with Crippen molar-refractivity contribution in [3.05, 3.63) is 12.3 Å². The fraction of sp³-hybridized carbons (Fsp3) is 0.818. The number of likely N-dealkylation sites (tertiary alicyclic amines) is 1. The van der Waals surface area contributed by atoms with Crippen LogP contribution in [0.1, 0.15) is 46.0 Å². The van der Waals surface area contributed by atoms with E-state index in [9.17, 15) is 30.0 Å². The van der Waals surface area contributed by atoms with Crippen molar-refractivity contribution in [2.45, 2.75) is 88.7 Å². The van der Waals surface area contributed by atoms with Gasteiger partial charge in [0.15, 0.2) is 6.29 Å². The predicted octanol–water partition coefficient (Wildman–Crippen LogP) is -0.981. The number of nitrogens with one attached hydrogen (secondary N) is 1. The minimum absolute atomic E-state index is 0.0224. The lowest BCUT2D eigenvalue weighted by Crippen LogP contribution is -2.64. The van der Waals surface area contributed by atoms with Crippen LogP contribution in [-0.2, 0) is 23.8 Å². The van der Waals surface area contributed by atoms with Gasteiger partial charge in [-0.15, -0.1) is 0 Å². The third-order valence-electron chi connectivity index (χ3n) is 5.80. The fourth-order valence-electron chi connectivity index (χ4n) is 4.13. The minimum atomic E-state index is -1.35. The Labute approximate surface area is 194 Å². The molecule has 7 atom stereocenters. The van der Waals surface area contributed by atoms with Crippen molar-refractivity contribution in [3.63, 3.8) is 0 Å². The van der Waals surface area contributed by atoms with Crippen LogP contribution in [0, 0.1) is 0 Å². The number of rotatable bonds is 12. The van der Waals surface area contributed by atoms with E-state index in [1.165, 1.54) is 6.92 Å². The molecule has 33 heavy (non-hydrogen) atoms. The molecule has 0 aromatic heterocycles. The van der Waals surface area contributed by atoms with Crippen LogP contribution in [-0.4, -0.2) is 106 Å². The molecule has 2 heterocycles. The van der Waals surface area contributed by atoms with Crippen LogP contribution in [0.4, 0.5) is 0 Å². The van der Waals surface area contributed by atoms with E-state index in [1.807, 2.05) is 6.92 Å². The van der Waals surface area contributed by atoms with Gasteiger partial charge in [0.25, 0.3) is 0 Å². The van der Waals surface area contributed by atoms with Crippen LogP contribution >= 0.6 is 0 Å². The van der Waals surface area contributed by atoms with E-state index in [4.69, 9.17) is 14.2 Å². The summed E-state index contributed by atoms with van der Waals surface area (Å²) in [6.45, 7) is 3.54. The van der Waals surface area contributed by atoms with E-state index in [1.54, 1.807) is 17.2 Å². The van der Waals surface area contributed by atoms with E-state index in [-0.39, 0.29) is 18.6 Å². The van der Waals surface area contributed by atoms with Crippen molar-refractivity contribution in [2.75, 3.05) is 26.4 Å². The summed E-state index contributed by atoms with van der Waals surface area (Å²) in [6, 6.07) is -1.10. The van der Waals surface area contributed by atoms with Crippen molar-refractivity contribution in [2.24, 2.45) is 0 Å². The number of ether oxygens (including phenoxy) is 3. The Morgan fingerprint density at radius 3 is 2.61 bits per heavy atom. The SMILES string of the molecule is C/C=C/OC[C@@H]1C[C@@H](O)CN1C(=O)CCCCCOC1OC(CO)C(O)C(O)C1NC(C)=O. The molecular formula is C22H38N2O9. The number of β-amino-alcohol motifs (C(OH)–C–C–N with tert-alkyl or cyclic N) is 1. The second-order valence-corrected chi connectivity index (χ2v) is 8.51. The fourth-order valence-corrected chi connectivity index (χ4v) is 4.13. The Balaban J connectivity index is 1.73. The lowest BCUT2D eigenvalue weighted by Gasteiger charge is -2.42. The van der Waals surface area contributed by atoms with E-state index in [2.05, 4.69) is 5.32 Å². The first-order valence-electron chi connectivity index (χ1n) is 11.5. The molecule has 190 valence electrons. The number of hydrogen-bond acceptors (Lipinski definition) is 9. The first-order valence-corrected chi connectivity index (χ1v) is 11.5. The van der Waals surface area contributed by atoms with Crippen molar-refractivity contribution in [3.8, 4) is 0 Å². The highest BCUT2D eigenvalue weighted by Crippen LogP contribution is 2.23. The lowest BCUT2D eigenvalue weighted by atomic mass is 9.97. The number of carbonyl (C=O) groups excluding carboxylic acids is 2. The second-order valence-electron chi connectivity index (χ2n) is 8.51. The molecule has 0 aromatic rings. The summed E-state index contributed by atoms with van der Waals surface area (Å²) in [6.07, 6.45) is 0.865. The summed E-state index contributed by atoms with van der Waals surface area (Å²) in [5, 5.41) is 42.1. The van der Waals surface area contributed by atoms with Gasteiger partial charge in [0.05, 0.1) is 25.0 Å². The van der Waals surface area contributed by atoms with Crippen molar-refractivity contribution in [1.29, 1.82) is 0 Å². The topological polar surface area (TPSA) is 158 Å². The van der Waals surface area contributed by atoms with Gasteiger partial charge in [0, 0.05) is 26.5 Å². The third-order valence-corrected chi connectivity index (χ3v) is 5.80. The number of hydrogen-bond donors (Lipinski definition) is 5. The second kappa shape index (κ2) is 13.8. The van der Waals surface area contributed by atoms with Crippen molar-refractivity contribution >= 4 is 11.8 Å². The molecule has 5 unspecified atom stereocenters. The summed E-state index contributed by atoms with van der Waals surface area (Å²) in [5.74, 6) is -0.434. The smallest absolute Gasteiger partial charge is 0.223 e. The molecule has 2 saturated heterocycles. The molecule has 0 radical (unpaired) electrons. The maximum atomic E-state index is 12.6. The van der Waals surface area contributed by atoms with Crippen LogP contribution in [0.15, 0.2) is 12.3 Å². The molecule has 11 nitrogen and oxygen atoms in total. The Morgan fingerprint density at radius 1 is 1.18 bits per heavy atom. The Morgan fingerprint density at radius 2 is 1.94 bits per heavy atom. The average Bonchev–Trinajstić information content (AvgIpc) is 3.15. The zero-order chi connectivity index (χ0) is 24.4. The van der Waals surface area contributed by atoms with Gasteiger partial charge in [0.1, 0.15) is 31.0 Å². The minimum Gasteiger partial charge on any atom is -0.499 e. The van der Waals surface area contributed by atoms with Crippen LogP contribution in [0.25, 0.3) is 0 Å². The van der Waals surface area contributed by atoms with E-state index in [0.717, 1.165) is 0 Å². The predicted molar refractivity (Wildman–Crippen MR) is 117 cm³/mol. The maximum absolute atomic E-state index is 12.6. The van der Waals surface area contributed by atoms with Gasteiger partial charge in [-0.2, -0.15) is 0 Å². The summed E-state index contributed by atoms with van der Waals surface area (Å²) in [4.78, 5) is 25.7. The highest BCUT2D eigenvalue weighted by Gasteiger charge is 2.45. The summed E-state index contributed by atoms with van der Waals surface area (Å²) < 4.78 is 16.6. The van der Waals surface area contributed by atoms with E-state index < -0.39 is 49.3 Å². The molecule has 2 fully saturated rings. The highest BCUT2D eigenvalue weighted by atomic mass is 16.7. The quantitative estimate of drug-likeness (QED) is 0.177. The van der Waals surface area contributed by atoms with Gasteiger partial charge < -0.3 is 44.9 Å². The first kappa shape index (κ1) is 27.5. The normalized spacial score (nSPS) is 32.3. The molecule has 0 bridgehead atoms. The number of unbranched alkanes of at least 4 members (excludes halogenated alkanes) is 2. The number of nitrogens with zero attached hydrogens (tertiary/aromatic N) is 1. The van der Waals surface area contributed by atoms with Crippen molar-refractivity contribution < 1.29 is 44.2 Å². The number of allylic oxidation sites excluding steroid dienone is 1. The maximum Gasteiger partial charge on any atom is 0.223 e. The Kier molecular flexibility index (Phi) is 11.5. The molecule has 0 aromatic carbocycles. The van der Waals surface area contributed by atoms with Gasteiger partial charge in [0.2, 0.25) is 11.8 Å². The van der Waals surface area contributed by atoms with Gasteiger partial charge in [-0.1, -0.05) is 12.5 Å². The molecule has 0 aliphatic carbocycles. The first-order chi connectivity index (χ1) is 15.8. The molecule has 2 aliphatic heterocycles. The standard InChI is InChI=1S/C22H38N2O9/c1-3-8-31-13-15-10-16(27)11-24(15)18(28)7-5-4-6-9-32-22-19(23-14(2)26)21(30)20(29)17(12-25)33-22/h3,8,15-17,19-22,25,27,29-30H,4-7,9-13H2,1-2H3,(H,23,26)/b8-3+/t15-,16+,17?,19?,20?,21?,22?/m0/s1. The van der Waals surface area contributed by atoms with Gasteiger partial charge in [-0.05, 0) is 26.2 Å². The van der Waals surface area contributed by atoms with Crippen LogP contribution in [0.3, 0.4) is 0 Å². The molecule has 2 amide bonds. The van der Waals surface area contributed by atoms with Crippen LogP contribution in [0.5, 0.6) is 0 Å². The van der Waals surface area contributed by atoms with Crippen molar-refractivity contribution in [1.82, 2.24) is 10.2 Å². The van der Waals surface area contributed by atoms with E-state index >= 15 is 0 Å². The Hall–Kier alpha value is -1.76. The van der Waals surface area contributed by atoms with Crippen LogP contribution < -0.4 is 5.32 Å². The molecule has 2 aliphatic rings. The number of aliphatic hydroxyl groups is 4. The van der Waals surface area contributed by atoms with Gasteiger partial charge in [-0.3, -0.25) is 9.59 Å². The summed E-state index contributed by atoms with van der Waals surface area (Å²) in [5.41, 5.74) is 0. The van der Waals surface area contributed by atoms with Crippen LogP contribution in [0.2, 0.25) is 0 Å². The zero-order valence-corrected chi connectivity index (χ0v) is 19.3. The summed E-state index contributed by atoms with van der Waals surface area (Å²) in [7, 11) is 0. The third kappa shape index (κ3) is 8.20. The average molecular weight is 475 g/mol. The molecule has 2 rings (SSSR count). The molecule has 0 saturated carbocycles. The van der Waals surface area contributed by atoms with Gasteiger partial charge >= 0.3 is 0 Å². The number of aliphatic hydroxyl groups excluding tert-OH is 4. The molecular weight excluding hydrogens is 436 g/mol. The Bertz CT molecular complexity index is 647. The van der Waals surface area contributed by atoms with E-state index in [0.29, 0.717) is 45.3 Å². The largest absolute Gasteiger partial charge is 0.499 e. The highest BCUT2D eigenvalue weighted by molar-refractivity contribution is 5.77. The van der Waals surface area contributed by atoms with Gasteiger partial charge in [-0.25, -0.2) is 0 Å². The number of carbonyl (C=O) groups is 2. The molecule has 0 spiro atoms. The summed E-state index contributed by atoms with van der Waals surface area (Å²) >= 11 is 0. The molecule has 5 N–H and O–H groups in total. The molecule has 11 heteroatoms.